The number of fused-ring (bicyclic) bond motifs is 9. The first-order chi connectivity index (χ1) is 31.7. The zero-order chi connectivity index (χ0) is 42.1. The summed E-state index contributed by atoms with van der Waals surface area (Å²) < 4.78 is 4.70. The highest BCUT2D eigenvalue weighted by molar-refractivity contribution is 6.14. The molecule has 8 aromatic carbocycles. The standard InChI is InChI=1S/C60H40N4/c1-3-15-39(16-4-1)45-19-7-9-21-47(45)41-27-29-55-51(33-41)53-35-43-25-26-44-36-54-52-34-42(48-22-10-8-20-46(48)40-17-5-2-6-18-40)28-30-56(52)64(60-24-12-14-32-62-60)58(54)38-50(44)49(43)37-57(53)63(55)59-23-11-13-31-61-59/h1-24,27-38H,25-26H2. The van der Waals surface area contributed by atoms with Crippen molar-refractivity contribution in [1.29, 1.82) is 0 Å². The van der Waals surface area contributed by atoms with E-state index in [0.717, 1.165) is 46.5 Å². The average Bonchev–Trinajstić information content (AvgIpc) is 3.87. The molecule has 0 fully saturated rings. The van der Waals surface area contributed by atoms with Crippen LogP contribution in [0.4, 0.5) is 0 Å². The maximum absolute atomic E-state index is 4.93. The Morgan fingerprint density at radius 3 is 1.06 bits per heavy atom. The van der Waals surface area contributed by atoms with Gasteiger partial charge in [0.2, 0.25) is 0 Å². The Kier molecular flexibility index (Phi) is 8.31. The first-order valence-corrected chi connectivity index (χ1v) is 22.1. The van der Waals surface area contributed by atoms with Crippen molar-refractivity contribution in [1.82, 2.24) is 19.1 Å². The summed E-state index contributed by atoms with van der Waals surface area (Å²) in [5, 5.41) is 4.94. The van der Waals surface area contributed by atoms with Gasteiger partial charge in [0.25, 0.3) is 0 Å². The first kappa shape index (κ1) is 36.3. The van der Waals surface area contributed by atoms with E-state index in [1.807, 2.05) is 24.5 Å². The molecule has 4 nitrogen and oxygen atoms in total. The number of rotatable bonds is 6. The molecule has 0 N–H and O–H groups in total. The summed E-state index contributed by atoms with van der Waals surface area (Å²) in [5.41, 5.74) is 19.6. The largest absolute Gasteiger partial charge is 0.294 e. The highest BCUT2D eigenvalue weighted by Gasteiger charge is 2.25. The van der Waals surface area contributed by atoms with Gasteiger partial charge in [-0.3, -0.25) is 9.13 Å². The SMILES string of the molecule is c1ccc(-c2ccccc2-c2ccc3c(c2)c2cc4c(cc2n3-c2ccccn2)-c2cc3c(cc2CC4)c2cc(-c4ccccc4-c4ccccc4)ccc2n3-c2ccccn2)cc1. The maximum Gasteiger partial charge on any atom is 0.137 e. The van der Waals surface area contributed by atoms with Crippen LogP contribution in [0.2, 0.25) is 0 Å². The highest BCUT2D eigenvalue weighted by atomic mass is 15.1. The van der Waals surface area contributed by atoms with E-state index in [2.05, 4.69) is 203 Å². The number of hydrogen-bond donors (Lipinski definition) is 0. The molecule has 1 aliphatic rings. The maximum atomic E-state index is 4.93. The van der Waals surface area contributed by atoms with Gasteiger partial charge < -0.3 is 0 Å². The van der Waals surface area contributed by atoms with Crippen LogP contribution in [-0.4, -0.2) is 19.1 Å². The Labute approximate surface area is 371 Å². The quantitative estimate of drug-likeness (QED) is 0.168. The normalized spacial score (nSPS) is 12.2. The molecule has 0 atom stereocenters. The third-order valence-electron chi connectivity index (χ3n) is 13.3. The predicted octanol–water partition coefficient (Wildman–Crippen LogP) is 15.1. The lowest BCUT2D eigenvalue weighted by Crippen LogP contribution is -2.05. The van der Waals surface area contributed by atoms with Crippen molar-refractivity contribution < 1.29 is 0 Å². The molecule has 300 valence electrons. The van der Waals surface area contributed by atoms with Crippen molar-refractivity contribution in [3.63, 3.8) is 0 Å². The van der Waals surface area contributed by atoms with Crippen LogP contribution in [0.1, 0.15) is 11.1 Å². The lowest BCUT2D eigenvalue weighted by molar-refractivity contribution is 0.945. The fourth-order valence-electron chi connectivity index (χ4n) is 10.4. The number of aromatic nitrogens is 4. The second-order valence-corrected chi connectivity index (χ2v) is 16.9. The molecular weight excluding hydrogens is 777 g/mol. The fourth-order valence-corrected chi connectivity index (χ4v) is 10.4. The Morgan fingerprint density at radius 1 is 0.281 bits per heavy atom. The number of pyridine rings is 2. The zero-order valence-electron chi connectivity index (χ0n) is 35.0. The molecule has 0 radical (unpaired) electrons. The number of aryl methyl sites for hydroxylation is 2. The van der Waals surface area contributed by atoms with Gasteiger partial charge in [0.1, 0.15) is 11.6 Å². The summed E-state index contributed by atoms with van der Waals surface area (Å²) in [4.78, 5) is 9.85. The van der Waals surface area contributed by atoms with Gasteiger partial charge in [-0.15, -0.1) is 0 Å². The molecule has 64 heavy (non-hydrogen) atoms. The summed E-state index contributed by atoms with van der Waals surface area (Å²) in [5.74, 6) is 1.82. The second kappa shape index (κ2) is 14.6. The Balaban J connectivity index is 1.03. The van der Waals surface area contributed by atoms with Crippen molar-refractivity contribution in [2.75, 3.05) is 0 Å². The monoisotopic (exact) mass is 816 g/mol. The van der Waals surface area contributed by atoms with Crippen molar-refractivity contribution in [2.45, 2.75) is 12.8 Å². The molecule has 13 rings (SSSR count). The number of benzene rings is 8. The topological polar surface area (TPSA) is 35.6 Å². The van der Waals surface area contributed by atoms with E-state index in [1.54, 1.807) is 0 Å². The van der Waals surface area contributed by atoms with Crippen LogP contribution in [0.3, 0.4) is 0 Å². The molecule has 4 aromatic heterocycles. The molecule has 0 unspecified atom stereocenters. The van der Waals surface area contributed by atoms with Crippen molar-refractivity contribution in [3.8, 4) is 67.3 Å². The highest BCUT2D eigenvalue weighted by Crippen LogP contribution is 2.45. The molecule has 12 aromatic rings. The minimum Gasteiger partial charge on any atom is -0.294 e. The summed E-state index contributed by atoms with van der Waals surface area (Å²) >= 11 is 0. The van der Waals surface area contributed by atoms with E-state index in [-0.39, 0.29) is 0 Å². The Hall–Kier alpha value is -8.34. The van der Waals surface area contributed by atoms with Crippen LogP contribution in [-0.2, 0) is 12.8 Å². The van der Waals surface area contributed by atoms with Crippen molar-refractivity contribution in [2.24, 2.45) is 0 Å². The molecule has 0 amide bonds. The van der Waals surface area contributed by atoms with Gasteiger partial charge in [-0.25, -0.2) is 9.97 Å². The zero-order valence-corrected chi connectivity index (χ0v) is 35.0. The number of nitrogens with zero attached hydrogens (tertiary/aromatic N) is 4. The summed E-state index contributed by atoms with van der Waals surface area (Å²) in [7, 11) is 0. The van der Waals surface area contributed by atoms with Gasteiger partial charge in [0, 0.05) is 33.9 Å². The lowest BCUT2D eigenvalue weighted by Gasteiger charge is -2.21. The van der Waals surface area contributed by atoms with Crippen LogP contribution < -0.4 is 0 Å². The summed E-state index contributed by atoms with van der Waals surface area (Å²) in [6, 6.07) is 75.0. The van der Waals surface area contributed by atoms with Gasteiger partial charge >= 0.3 is 0 Å². The third-order valence-corrected chi connectivity index (χ3v) is 13.3. The van der Waals surface area contributed by atoms with Gasteiger partial charge in [-0.05, 0) is 152 Å². The molecule has 0 saturated carbocycles. The summed E-state index contributed by atoms with van der Waals surface area (Å²) in [6.07, 6.45) is 5.71. The van der Waals surface area contributed by atoms with Gasteiger partial charge in [0.15, 0.2) is 0 Å². The van der Waals surface area contributed by atoms with Crippen molar-refractivity contribution >= 4 is 43.6 Å². The average molecular weight is 817 g/mol. The smallest absolute Gasteiger partial charge is 0.137 e. The van der Waals surface area contributed by atoms with E-state index >= 15 is 0 Å². The van der Waals surface area contributed by atoms with Gasteiger partial charge in [-0.2, -0.15) is 0 Å². The fraction of sp³-hybridized carbons (Fsp3) is 0.0333. The van der Waals surface area contributed by atoms with E-state index < -0.39 is 0 Å². The van der Waals surface area contributed by atoms with E-state index in [1.165, 1.54) is 88.3 Å². The van der Waals surface area contributed by atoms with E-state index in [4.69, 9.17) is 9.97 Å². The molecule has 0 saturated heterocycles. The molecule has 0 spiro atoms. The molecule has 0 aliphatic heterocycles. The van der Waals surface area contributed by atoms with Crippen LogP contribution in [0.5, 0.6) is 0 Å². The van der Waals surface area contributed by atoms with E-state index in [9.17, 15) is 0 Å². The first-order valence-electron chi connectivity index (χ1n) is 22.1. The third kappa shape index (κ3) is 5.76. The molecule has 4 heteroatoms. The Bertz CT molecular complexity index is 3500. The van der Waals surface area contributed by atoms with Gasteiger partial charge in [0.05, 0.1) is 22.1 Å². The minimum absolute atomic E-state index is 0.909. The molecule has 0 bridgehead atoms. The predicted molar refractivity (Wildman–Crippen MR) is 265 cm³/mol. The van der Waals surface area contributed by atoms with E-state index in [0.29, 0.717) is 0 Å². The van der Waals surface area contributed by atoms with Crippen LogP contribution >= 0.6 is 0 Å². The second-order valence-electron chi connectivity index (χ2n) is 16.9. The lowest BCUT2D eigenvalue weighted by atomic mass is 9.84. The summed E-state index contributed by atoms with van der Waals surface area (Å²) in [6.45, 7) is 0. The molecule has 4 heterocycles. The van der Waals surface area contributed by atoms with Crippen LogP contribution in [0.25, 0.3) is 111 Å². The number of hydrogen-bond acceptors (Lipinski definition) is 2. The van der Waals surface area contributed by atoms with Gasteiger partial charge in [-0.1, -0.05) is 133 Å². The minimum atomic E-state index is 0.909. The van der Waals surface area contributed by atoms with Crippen LogP contribution in [0, 0.1) is 0 Å². The molecular formula is C60H40N4. The van der Waals surface area contributed by atoms with Crippen LogP contribution in [0.15, 0.2) is 219 Å². The van der Waals surface area contributed by atoms with Crippen molar-refractivity contribution in [3.05, 3.63) is 230 Å². The Morgan fingerprint density at radius 2 is 0.656 bits per heavy atom. The molecule has 1 aliphatic carbocycles.